The number of aromatic nitrogens is 1. The first kappa shape index (κ1) is 14.8. The fraction of sp³-hybridized carbons (Fsp3) is 0.200. The first-order chi connectivity index (χ1) is 10.0. The van der Waals surface area contributed by atoms with Gasteiger partial charge in [0.1, 0.15) is 0 Å². The molecule has 1 aromatic carbocycles. The van der Waals surface area contributed by atoms with Crippen molar-refractivity contribution in [1.82, 2.24) is 4.57 Å². The number of ether oxygens (including phenoxy) is 1. The maximum absolute atomic E-state index is 11.1. The molecule has 0 atom stereocenters. The topological polar surface area (TPSA) is 88.8 Å². The van der Waals surface area contributed by atoms with Crippen LogP contribution in [-0.2, 0) is 17.9 Å². The second kappa shape index (κ2) is 6.23. The van der Waals surface area contributed by atoms with Crippen molar-refractivity contribution in [1.29, 1.82) is 0 Å². The predicted molar refractivity (Wildman–Crippen MR) is 74.6 cm³/mol. The molecule has 6 nitrogen and oxygen atoms in total. The SMILES string of the molecule is COCc1c(C(=O)O)ccn1Cc1ccc(C(=O)O)cc1. The van der Waals surface area contributed by atoms with Crippen LogP contribution in [0, 0.1) is 0 Å². The van der Waals surface area contributed by atoms with E-state index >= 15 is 0 Å². The number of carbonyl (C=O) groups is 2. The molecular formula is C15H15NO5. The fourth-order valence-corrected chi connectivity index (χ4v) is 2.10. The molecule has 2 N–H and O–H groups in total. The van der Waals surface area contributed by atoms with Crippen molar-refractivity contribution in [2.75, 3.05) is 7.11 Å². The van der Waals surface area contributed by atoms with E-state index in [1.165, 1.54) is 25.3 Å². The number of nitrogens with zero attached hydrogens (tertiary/aromatic N) is 1. The van der Waals surface area contributed by atoms with Crippen LogP contribution >= 0.6 is 0 Å². The number of rotatable bonds is 6. The van der Waals surface area contributed by atoms with E-state index < -0.39 is 11.9 Å². The third-order valence-electron chi connectivity index (χ3n) is 3.14. The van der Waals surface area contributed by atoms with Gasteiger partial charge in [-0.25, -0.2) is 9.59 Å². The first-order valence-electron chi connectivity index (χ1n) is 6.25. The van der Waals surface area contributed by atoms with Gasteiger partial charge in [-0.1, -0.05) is 12.1 Å². The van der Waals surface area contributed by atoms with E-state index in [9.17, 15) is 9.59 Å². The summed E-state index contributed by atoms with van der Waals surface area (Å²) in [7, 11) is 1.50. The first-order valence-corrected chi connectivity index (χ1v) is 6.25. The summed E-state index contributed by atoms with van der Waals surface area (Å²) in [5, 5.41) is 18.0. The number of aromatic carboxylic acids is 2. The quantitative estimate of drug-likeness (QED) is 0.850. The molecule has 0 aliphatic rings. The molecule has 0 aliphatic heterocycles. The maximum Gasteiger partial charge on any atom is 0.337 e. The molecule has 0 amide bonds. The molecular weight excluding hydrogens is 274 g/mol. The van der Waals surface area contributed by atoms with Crippen molar-refractivity contribution >= 4 is 11.9 Å². The monoisotopic (exact) mass is 289 g/mol. The molecule has 0 unspecified atom stereocenters. The summed E-state index contributed by atoms with van der Waals surface area (Å²) < 4.78 is 6.82. The summed E-state index contributed by atoms with van der Waals surface area (Å²) in [6, 6.07) is 7.99. The van der Waals surface area contributed by atoms with Gasteiger partial charge in [0.2, 0.25) is 0 Å². The molecule has 0 fully saturated rings. The molecule has 0 saturated carbocycles. The molecule has 0 saturated heterocycles. The Balaban J connectivity index is 2.26. The minimum absolute atomic E-state index is 0.196. The highest BCUT2D eigenvalue weighted by Crippen LogP contribution is 2.15. The Morgan fingerprint density at radius 1 is 1.10 bits per heavy atom. The highest BCUT2D eigenvalue weighted by Gasteiger charge is 2.15. The lowest BCUT2D eigenvalue weighted by Crippen LogP contribution is -2.09. The molecule has 0 radical (unpaired) electrons. The number of carboxylic acid groups (broad SMARTS) is 2. The molecule has 0 bridgehead atoms. The van der Waals surface area contributed by atoms with Gasteiger partial charge in [-0.15, -0.1) is 0 Å². The second-order valence-electron chi connectivity index (χ2n) is 4.54. The van der Waals surface area contributed by atoms with Gasteiger partial charge in [-0.05, 0) is 23.8 Å². The van der Waals surface area contributed by atoms with Crippen molar-refractivity contribution < 1.29 is 24.5 Å². The lowest BCUT2D eigenvalue weighted by atomic mass is 10.1. The summed E-state index contributed by atoms with van der Waals surface area (Å²) in [4.78, 5) is 21.9. The maximum atomic E-state index is 11.1. The van der Waals surface area contributed by atoms with Gasteiger partial charge < -0.3 is 19.5 Å². The summed E-state index contributed by atoms with van der Waals surface area (Å²) in [6.45, 7) is 0.647. The van der Waals surface area contributed by atoms with E-state index in [4.69, 9.17) is 14.9 Å². The molecule has 6 heteroatoms. The van der Waals surface area contributed by atoms with Gasteiger partial charge in [0.15, 0.2) is 0 Å². The summed E-state index contributed by atoms with van der Waals surface area (Å²) >= 11 is 0. The summed E-state index contributed by atoms with van der Waals surface area (Å²) in [5.74, 6) is -1.97. The van der Waals surface area contributed by atoms with Crippen LogP contribution in [0.4, 0.5) is 0 Å². The highest BCUT2D eigenvalue weighted by molar-refractivity contribution is 5.89. The lowest BCUT2D eigenvalue weighted by molar-refractivity contribution is 0.0682. The predicted octanol–water partition coefficient (Wildman–Crippen LogP) is 2.08. The standard InChI is InChI=1S/C15H15NO5/c1-21-9-13-12(15(19)20)6-7-16(13)8-10-2-4-11(5-3-10)14(17)18/h2-7H,8-9H2,1H3,(H,17,18)(H,19,20). The van der Waals surface area contributed by atoms with E-state index in [1.807, 2.05) is 0 Å². The molecule has 2 aromatic rings. The van der Waals surface area contributed by atoms with Crippen LogP contribution in [0.15, 0.2) is 36.5 Å². The number of carboxylic acids is 2. The molecule has 1 aromatic heterocycles. The Hall–Kier alpha value is -2.60. The van der Waals surface area contributed by atoms with Gasteiger partial charge in [-0.2, -0.15) is 0 Å². The number of hydrogen-bond acceptors (Lipinski definition) is 3. The zero-order valence-corrected chi connectivity index (χ0v) is 11.4. The Labute approximate surface area is 121 Å². The lowest BCUT2D eigenvalue weighted by Gasteiger charge is -2.10. The van der Waals surface area contributed by atoms with Crippen LogP contribution in [0.3, 0.4) is 0 Å². The molecule has 2 rings (SSSR count). The second-order valence-corrected chi connectivity index (χ2v) is 4.54. The highest BCUT2D eigenvalue weighted by atomic mass is 16.5. The Morgan fingerprint density at radius 2 is 1.76 bits per heavy atom. The molecule has 0 aliphatic carbocycles. The zero-order valence-electron chi connectivity index (χ0n) is 11.4. The van der Waals surface area contributed by atoms with Crippen molar-refractivity contribution in [3.63, 3.8) is 0 Å². The van der Waals surface area contributed by atoms with Gasteiger partial charge in [0, 0.05) is 19.9 Å². The van der Waals surface area contributed by atoms with Gasteiger partial charge in [0.05, 0.1) is 23.4 Å². The third-order valence-corrected chi connectivity index (χ3v) is 3.14. The van der Waals surface area contributed by atoms with E-state index in [0.29, 0.717) is 12.2 Å². The number of methoxy groups -OCH3 is 1. The Kier molecular flexibility index (Phi) is 4.39. The third kappa shape index (κ3) is 3.29. The van der Waals surface area contributed by atoms with Crippen LogP contribution < -0.4 is 0 Å². The van der Waals surface area contributed by atoms with Crippen molar-refractivity contribution in [2.24, 2.45) is 0 Å². The van der Waals surface area contributed by atoms with Crippen LogP contribution in [-0.4, -0.2) is 33.8 Å². The Bertz CT molecular complexity index is 657. The van der Waals surface area contributed by atoms with E-state index in [2.05, 4.69) is 0 Å². The van der Waals surface area contributed by atoms with Crippen LogP contribution in [0.5, 0.6) is 0 Å². The van der Waals surface area contributed by atoms with Crippen molar-refractivity contribution in [2.45, 2.75) is 13.2 Å². The smallest absolute Gasteiger partial charge is 0.337 e. The Morgan fingerprint density at radius 3 is 2.29 bits per heavy atom. The summed E-state index contributed by atoms with van der Waals surface area (Å²) in [5.41, 5.74) is 1.88. The fourth-order valence-electron chi connectivity index (χ4n) is 2.10. The minimum Gasteiger partial charge on any atom is -0.478 e. The molecule has 21 heavy (non-hydrogen) atoms. The van der Waals surface area contributed by atoms with Crippen LogP contribution in [0.2, 0.25) is 0 Å². The van der Waals surface area contributed by atoms with E-state index in [-0.39, 0.29) is 17.7 Å². The number of hydrogen-bond donors (Lipinski definition) is 2. The van der Waals surface area contributed by atoms with Gasteiger partial charge in [-0.3, -0.25) is 0 Å². The molecule has 1 heterocycles. The van der Waals surface area contributed by atoms with Gasteiger partial charge in [0.25, 0.3) is 0 Å². The van der Waals surface area contributed by atoms with E-state index in [0.717, 1.165) is 5.56 Å². The van der Waals surface area contributed by atoms with Crippen LogP contribution in [0.1, 0.15) is 32.0 Å². The summed E-state index contributed by atoms with van der Waals surface area (Å²) in [6.07, 6.45) is 1.68. The average Bonchev–Trinajstić information content (AvgIpc) is 2.83. The average molecular weight is 289 g/mol. The normalized spacial score (nSPS) is 10.5. The minimum atomic E-state index is -0.998. The largest absolute Gasteiger partial charge is 0.478 e. The number of benzene rings is 1. The molecule has 0 spiro atoms. The van der Waals surface area contributed by atoms with E-state index in [1.54, 1.807) is 22.9 Å². The zero-order chi connectivity index (χ0) is 15.4. The van der Waals surface area contributed by atoms with Gasteiger partial charge >= 0.3 is 11.9 Å². The van der Waals surface area contributed by atoms with Crippen molar-refractivity contribution in [3.8, 4) is 0 Å². The van der Waals surface area contributed by atoms with Crippen LogP contribution in [0.25, 0.3) is 0 Å². The molecule has 110 valence electrons. The van der Waals surface area contributed by atoms with Crippen molar-refractivity contribution in [3.05, 3.63) is 58.9 Å².